The molecule has 0 radical (unpaired) electrons. The molecule has 0 N–H and O–H groups in total. The zero-order valence-corrected chi connectivity index (χ0v) is 18.4. The summed E-state index contributed by atoms with van der Waals surface area (Å²) in [5.41, 5.74) is 2.40. The minimum atomic E-state index is -3.61. The average molecular weight is 427 g/mol. The first-order valence-corrected chi connectivity index (χ1v) is 12.3. The number of hydrogen-bond donors (Lipinski definition) is 0. The largest absolute Gasteiger partial charge is 0.341 e. The molecule has 1 spiro atoms. The van der Waals surface area contributed by atoms with E-state index in [1.807, 2.05) is 13.0 Å². The van der Waals surface area contributed by atoms with Gasteiger partial charge in [0.1, 0.15) is 5.75 Å². The third kappa shape index (κ3) is 4.76. The molecule has 0 aromatic heterocycles. The molecule has 6 heteroatoms. The van der Waals surface area contributed by atoms with Gasteiger partial charge < -0.3 is 4.90 Å². The average Bonchev–Trinajstić information content (AvgIpc) is 3.10. The van der Waals surface area contributed by atoms with E-state index in [1.54, 1.807) is 29.2 Å². The van der Waals surface area contributed by atoms with E-state index in [9.17, 15) is 13.2 Å². The topological polar surface area (TPSA) is 57.7 Å². The summed E-state index contributed by atoms with van der Waals surface area (Å²) in [6.45, 7) is 6.16. The number of likely N-dealkylation sites (tertiary alicyclic amines) is 2. The molecule has 1 atom stereocenters. The van der Waals surface area contributed by atoms with Gasteiger partial charge >= 0.3 is 0 Å². The van der Waals surface area contributed by atoms with Crippen LogP contribution in [0, 0.1) is 12.3 Å². The van der Waals surface area contributed by atoms with Crippen LogP contribution >= 0.6 is 0 Å². The number of nitrogens with zero attached hydrogens (tertiary/aromatic N) is 2. The molecule has 30 heavy (non-hydrogen) atoms. The molecule has 160 valence electrons. The highest BCUT2D eigenvalue weighted by Gasteiger charge is 2.42. The summed E-state index contributed by atoms with van der Waals surface area (Å²) in [5.74, 6) is -0.712. The Labute approximate surface area is 179 Å². The summed E-state index contributed by atoms with van der Waals surface area (Å²) >= 11 is 0. The van der Waals surface area contributed by atoms with Crippen LogP contribution < -0.4 is 0 Å². The van der Waals surface area contributed by atoms with Crippen molar-refractivity contribution >= 4 is 15.7 Å². The van der Waals surface area contributed by atoms with Crippen LogP contribution in [0.1, 0.15) is 30.4 Å². The Morgan fingerprint density at radius 1 is 0.967 bits per heavy atom. The number of piperidine rings is 1. The van der Waals surface area contributed by atoms with E-state index in [2.05, 4.69) is 29.2 Å². The smallest absolute Gasteiger partial charge is 0.238 e. The lowest BCUT2D eigenvalue weighted by molar-refractivity contribution is -0.131. The number of benzene rings is 2. The number of amides is 1. The molecule has 2 aromatic rings. The van der Waals surface area contributed by atoms with Crippen LogP contribution in [0.2, 0.25) is 0 Å². The maximum Gasteiger partial charge on any atom is 0.238 e. The van der Waals surface area contributed by atoms with Gasteiger partial charge in [-0.05, 0) is 50.4 Å². The van der Waals surface area contributed by atoms with E-state index in [0.717, 1.165) is 44.5 Å². The predicted octanol–water partition coefficient (Wildman–Crippen LogP) is 3.28. The number of rotatable bonds is 5. The van der Waals surface area contributed by atoms with Gasteiger partial charge in [-0.15, -0.1) is 0 Å². The molecule has 0 bridgehead atoms. The lowest BCUT2D eigenvalue weighted by Gasteiger charge is -2.40. The zero-order chi connectivity index (χ0) is 21.2. The van der Waals surface area contributed by atoms with Crippen LogP contribution in [-0.4, -0.2) is 56.1 Å². The minimum absolute atomic E-state index is 0.0936. The van der Waals surface area contributed by atoms with Crippen molar-refractivity contribution in [3.05, 3.63) is 65.7 Å². The molecule has 0 saturated carbocycles. The van der Waals surface area contributed by atoms with E-state index in [0.29, 0.717) is 13.1 Å². The van der Waals surface area contributed by atoms with Crippen molar-refractivity contribution in [2.45, 2.75) is 37.6 Å². The van der Waals surface area contributed by atoms with E-state index in [1.165, 1.54) is 5.56 Å². The van der Waals surface area contributed by atoms with Gasteiger partial charge in [0, 0.05) is 31.6 Å². The molecule has 1 amide bonds. The Morgan fingerprint density at radius 2 is 1.70 bits per heavy atom. The maximum absolute atomic E-state index is 12.9. The number of carbonyl (C=O) groups excluding carboxylic acids is 1. The fraction of sp³-hybridized carbons (Fsp3) is 0.458. The van der Waals surface area contributed by atoms with E-state index >= 15 is 0 Å². The summed E-state index contributed by atoms with van der Waals surface area (Å²) in [6.07, 6.45) is 3.11. The van der Waals surface area contributed by atoms with Gasteiger partial charge in [0.2, 0.25) is 5.91 Å². The van der Waals surface area contributed by atoms with Crippen LogP contribution in [0.3, 0.4) is 0 Å². The number of carbonyl (C=O) groups is 1. The van der Waals surface area contributed by atoms with E-state index in [-0.39, 0.29) is 16.2 Å². The fourth-order valence-corrected chi connectivity index (χ4v) is 6.07. The highest BCUT2D eigenvalue weighted by Crippen LogP contribution is 2.39. The van der Waals surface area contributed by atoms with Crippen molar-refractivity contribution in [3.8, 4) is 0 Å². The van der Waals surface area contributed by atoms with E-state index < -0.39 is 15.6 Å². The third-order valence-corrected chi connectivity index (χ3v) is 8.09. The van der Waals surface area contributed by atoms with Crippen LogP contribution in [0.25, 0.3) is 0 Å². The second-order valence-corrected chi connectivity index (χ2v) is 10.9. The van der Waals surface area contributed by atoms with Gasteiger partial charge in [0.15, 0.2) is 9.84 Å². The number of aryl methyl sites for hydroxylation is 1. The SMILES string of the molecule is Cc1ccc(S(=O)(=O)CC(=O)N2CCCC3(CCN(Cc4ccccc4)C3)C2)cc1. The van der Waals surface area contributed by atoms with Crippen molar-refractivity contribution in [1.29, 1.82) is 0 Å². The highest BCUT2D eigenvalue weighted by molar-refractivity contribution is 7.92. The van der Waals surface area contributed by atoms with Crippen LogP contribution in [-0.2, 0) is 21.2 Å². The minimum Gasteiger partial charge on any atom is -0.341 e. The molecule has 2 fully saturated rings. The summed E-state index contributed by atoms with van der Waals surface area (Å²) < 4.78 is 25.4. The summed E-state index contributed by atoms with van der Waals surface area (Å²) in [6, 6.07) is 17.2. The monoisotopic (exact) mass is 426 g/mol. The summed E-state index contributed by atoms with van der Waals surface area (Å²) in [7, 11) is -3.61. The molecule has 2 aliphatic rings. The van der Waals surface area contributed by atoms with Crippen molar-refractivity contribution in [1.82, 2.24) is 9.80 Å². The molecule has 2 saturated heterocycles. The van der Waals surface area contributed by atoms with Crippen LogP contribution in [0.5, 0.6) is 0 Å². The first kappa shape index (κ1) is 21.1. The second kappa shape index (κ2) is 8.52. The highest BCUT2D eigenvalue weighted by atomic mass is 32.2. The van der Waals surface area contributed by atoms with Gasteiger partial charge in [-0.2, -0.15) is 0 Å². The molecular formula is C24H30N2O3S. The van der Waals surface area contributed by atoms with Crippen LogP contribution in [0.4, 0.5) is 0 Å². The van der Waals surface area contributed by atoms with Crippen LogP contribution in [0.15, 0.2) is 59.5 Å². The van der Waals surface area contributed by atoms with Crippen molar-refractivity contribution < 1.29 is 13.2 Å². The lowest BCUT2D eigenvalue weighted by atomic mass is 9.79. The Balaban J connectivity index is 1.39. The molecule has 2 aliphatic heterocycles. The first-order valence-electron chi connectivity index (χ1n) is 10.7. The van der Waals surface area contributed by atoms with Gasteiger partial charge in [0.25, 0.3) is 0 Å². The van der Waals surface area contributed by atoms with Gasteiger partial charge in [-0.3, -0.25) is 9.69 Å². The third-order valence-electron chi connectivity index (χ3n) is 6.47. The predicted molar refractivity (Wildman–Crippen MR) is 118 cm³/mol. The molecule has 2 heterocycles. The second-order valence-electron chi connectivity index (χ2n) is 8.94. The van der Waals surface area contributed by atoms with Gasteiger partial charge in [-0.25, -0.2) is 8.42 Å². The Morgan fingerprint density at radius 3 is 2.43 bits per heavy atom. The fourth-order valence-electron chi connectivity index (χ4n) is 4.84. The van der Waals surface area contributed by atoms with Gasteiger partial charge in [-0.1, -0.05) is 48.0 Å². The number of hydrogen-bond acceptors (Lipinski definition) is 4. The van der Waals surface area contributed by atoms with Crippen molar-refractivity contribution in [3.63, 3.8) is 0 Å². The molecule has 0 aliphatic carbocycles. The number of sulfone groups is 1. The van der Waals surface area contributed by atoms with Crippen molar-refractivity contribution in [2.24, 2.45) is 5.41 Å². The maximum atomic E-state index is 12.9. The Kier molecular flexibility index (Phi) is 5.98. The summed E-state index contributed by atoms with van der Waals surface area (Å²) in [5, 5.41) is 0. The molecule has 4 rings (SSSR count). The normalized spacial score (nSPS) is 22.5. The van der Waals surface area contributed by atoms with E-state index in [4.69, 9.17) is 0 Å². The molecule has 5 nitrogen and oxygen atoms in total. The summed E-state index contributed by atoms with van der Waals surface area (Å²) in [4.78, 5) is 17.4. The van der Waals surface area contributed by atoms with Gasteiger partial charge in [0.05, 0.1) is 4.90 Å². The molecular weight excluding hydrogens is 396 g/mol. The standard InChI is InChI=1S/C24H30N2O3S/c1-20-8-10-22(11-9-20)30(28,29)17-23(27)26-14-5-12-24(19-26)13-15-25(18-24)16-21-6-3-2-4-7-21/h2-4,6-11H,5,12-19H2,1H3. The lowest BCUT2D eigenvalue weighted by Crippen LogP contribution is -2.48. The van der Waals surface area contributed by atoms with Crippen molar-refractivity contribution in [2.75, 3.05) is 31.9 Å². The quantitative estimate of drug-likeness (QED) is 0.736. The first-order chi connectivity index (χ1) is 14.4. The molecule has 1 unspecified atom stereocenters. The molecule has 2 aromatic carbocycles. The zero-order valence-electron chi connectivity index (χ0n) is 17.6. The Hall–Kier alpha value is -2.18. The Bertz CT molecular complexity index is 989.